The van der Waals surface area contributed by atoms with Crippen molar-refractivity contribution in [3.8, 4) is 11.4 Å². The summed E-state index contributed by atoms with van der Waals surface area (Å²) in [6.45, 7) is 2.98. The van der Waals surface area contributed by atoms with E-state index in [-0.39, 0.29) is 17.6 Å². The first-order valence-corrected chi connectivity index (χ1v) is 10.7. The predicted molar refractivity (Wildman–Crippen MR) is 113 cm³/mol. The Kier molecular flexibility index (Phi) is 5.46. The number of nitrogens with zero attached hydrogens (tertiary/aromatic N) is 5. The molecule has 1 aromatic carbocycles. The second-order valence-corrected chi connectivity index (χ2v) is 8.42. The summed E-state index contributed by atoms with van der Waals surface area (Å²) in [5.74, 6) is 0.209. The number of carbonyl (C=O) groups excluding carboxylic acids is 1. The number of piperidine rings is 3. The molecule has 7 nitrogen and oxygen atoms in total. The molecule has 3 fully saturated rings. The molecule has 3 aliphatic heterocycles. The minimum atomic E-state index is -0.266. The maximum absolute atomic E-state index is 13.1. The lowest BCUT2D eigenvalue weighted by molar-refractivity contribution is -0.133. The minimum Gasteiger partial charge on any atom is -0.352 e. The van der Waals surface area contributed by atoms with Crippen LogP contribution in [0, 0.1) is 17.7 Å². The van der Waals surface area contributed by atoms with Gasteiger partial charge in [-0.05, 0) is 55.1 Å². The lowest BCUT2D eigenvalue weighted by atomic mass is 9.75. The van der Waals surface area contributed by atoms with Gasteiger partial charge in [0, 0.05) is 25.3 Å². The van der Waals surface area contributed by atoms with Crippen LogP contribution in [0.15, 0.2) is 54.9 Å². The molecule has 0 radical (unpaired) electrons. The molecule has 8 heteroatoms. The van der Waals surface area contributed by atoms with Crippen molar-refractivity contribution in [2.75, 3.05) is 13.1 Å². The van der Waals surface area contributed by atoms with E-state index in [4.69, 9.17) is 0 Å². The van der Waals surface area contributed by atoms with E-state index in [9.17, 15) is 9.18 Å². The number of fused-ring (bicyclic) bond motifs is 3. The van der Waals surface area contributed by atoms with Gasteiger partial charge in [-0.2, -0.15) is 0 Å². The highest BCUT2D eigenvalue weighted by Gasteiger charge is 2.43. The van der Waals surface area contributed by atoms with Gasteiger partial charge < -0.3 is 5.32 Å². The van der Waals surface area contributed by atoms with E-state index >= 15 is 0 Å². The first-order chi connectivity index (χ1) is 15.2. The summed E-state index contributed by atoms with van der Waals surface area (Å²) in [7, 11) is 0. The van der Waals surface area contributed by atoms with Crippen LogP contribution in [0.1, 0.15) is 18.4 Å². The van der Waals surface area contributed by atoms with Gasteiger partial charge in [0.15, 0.2) is 0 Å². The third-order valence-electron chi connectivity index (χ3n) is 6.46. The molecule has 3 aromatic rings. The number of pyridine rings is 1. The van der Waals surface area contributed by atoms with E-state index in [0.717, 1.165) is 49.4 Å². The maximum Gasteiger partial charge on any atom is 0.224 e. The Morgan fingerprint density at radius 1 is 1.16 bits per heavy atom. The first-order valence-electron chi connectivity index (χ1n) is 10.7. The van der Waals surface area contributed by atoms with Gasteiger partial charge in [0.05, 0.1) is 24.4 Å². The van der Waals surface area contributed by atoms with Gasteiger partial charge in [0.2, 0.25) is 5.91 Å². The molecule has 0 spiro atoms. The molecule has 0 saturated carbocycles. The van der Waals surface area contributed by atoms with E-state index in [0.29, 0.717) is 18.5 Å². The molecular formula is C23H25FN6O. The highest BCUT2D eigenvalue weighted by molar-refractivity contribution is 5.79. The number of hydrogen-bond donors (Lipinski definition) is 1. The minimum absolute atomic E-state index is 0.00488. The average molecular weight is 420 g/mol. The van der Waals surface area contributed by atoms with Crippen molar-refractivity contribution in [1.82, 2.24) is 30.2 Å². The van der Waals surface area contributed by atoms with Crippen molar-refractivity contribution in [1.29, 1.82) is 0 Å². The van der Waals surface area contributed by atoms with Crippen molar-refractivity contribution < 1.29 is 9.18 Å². The fourth-order valence-corrected chi connectivity index (χ4v) is 4.78. The Morgan fingerprint density at radius 3 is 2.77 bits per heavy atom. The van der Waals surface area contributed by atoms with E-state index < -0.39 is 0 Å². The van der Waals surface area contributed by atoms with E-state index in [1.165, 1.54) is 12.1 Å². The SMILES string of the molecule is O=C(NCc1ccc(F)cc1)C1CN2CCC1CC2Cn1cc(-c2ccccn2)nn1. The molecule has 0 aliphatic carbocycles. The Hall–Kier alpha value is -3.13. The number of carbonyl (C=O) groups is 1. The molecular weight excluding hydrogens is 395 g/mol. The molecule has 160 valence electrons. The molecule has 4 unspecified atom stereocenters. The highest BCUT2D eigenvalue weighted by atomic mass is 19.1. The van der Waals surface area contributed by atoms with Gasteiger partial charge in [-0.3, -0.25) is 19.4 Å². The fourth-order valence-electron chi connectivity index (χ4n) is 4.78. The van der Waals surface area contributed by atoms with Gasteiger partial charge in [-0.25, -0.2) is 4.39 Å². The van der Waals surface area contributed by atoms with Crippen LogP contribution in [0.4, 0.5) is 4.39 Å². The van der Waals surface area contributed by atoms with Crippen molar-refractivity contribution >= 4 is 5.91 Å². The van der Waals surface area contributed by atoms with Crippen molar-refractivity contribution in [3.63, 3.8) is 0 Å². The zero-order valence-corrected chi connectivity index (χ0v) is 17.2. The number of amides is 1. The largest absolute Gasteiger partial charge is 0.352 e. The molecule has 2 bridgehead atoms. The summed E-state index contributed by atoms with van der Waals surface area (Å²) in [5, 5.41) is 11.6. The molecule has 1 N–H and O–H groups in total. The molecule has 6 rings (SSSR count). The highest BCUT2D eigenvalue weighted by Crippen LogP contribution is 2.37. The molecule has 2 aromatic heterocycles. The van der Waals surface area contributed by atoms with Gasteiger partial charge in [0.1, 0.15) is 11.5 Å². The number of halogens is 1. The molecule has 3 aliphatic rings. The van der Waals surface area contributed by atoms with Gasteiger partial charge in [-0.15, -0.1) is 5.10 Å². The lowest BCUT2D eigenvalue weighted by Crippen LogP contribution is -2.57. The third-order valence-corrected chi connectivity index (χ3v) is 6.46. The number of hydrogen-bond acceptors (Lipinski definition) is 5. The lowest BCUT2D eigenvalue weighted by Gasteiger charge is -2.49. The number of nitrogens with one attached hydrogen (secondary N) is 1. The van der Waals surface area contributed by atoms with Gasteiger partial charge in [0.25, 0.3) is 0 Å². The zero-order chi connectivity index (χ0) is 21.2. The topological polar surface area (TPSA) is 75.9 Å². The number of rotatable bonds is 6. The van der Waals surface area contributed by atoms with Crippen LogP contribution >= 0.6 is 0 Å². The molecule has 4 atom stereocenters. The second-order valence-electron chi connectivity index (χ2n) is 8.42. The van der Waals surface area contributed by atoms with Crippen LogP contribution in [0.3, 0.4) is 0 Å². The maximum atomic E-state index is 13.1. The summed E-state index contributed by atoms with van der Waals surface area (Å²) >= 11 is 0. The Labute approximate surface area is 180 Å². The molecule has 1 amide bonds. The van der Waals surface area contributed by atoms with Crippen LogP contribution in [0.2, 0.25) is 0 Å². The molecule has 31 heavy (non-hydrogen) atoms. The van der Waals surface area contributed by atoms with E-state index in [2.05, 4.69) is 25.5 Å². The fraction of sp³-hybridized carbons (Fsp3) is 0.391. The predicted octanol–water partition coefficient (Wildman–Crippen LogP) is 2.51. The monoisotopic (exact) mass is 420 g/mol. The quantitative estimate of drug-likeness (QED) is 0.663. The number of aromatic nitrogens is 4. The average Bonchev–Trinajstić information content (AvgIpc) is 3.28. The van der Waals surface area contributed by atoms with Crippen LogP contribution in [0.5, 0.6) is 0 Å². The Balaban J connectivity index is 1.18. The van der Waals surface area contributed by atoms with Crippen molar-refractivity contribution in [3.05, 3.63) is 66.2 Å². The van der Waals surface area contributed by atoms with Crippen LogP contribution in [-0.2, 0) is 17.9 Å². The summed E-state index contributed by atoms with van der Waals surface area (Å²) in [5.41, 5.74) is 2.50. The van der Waals surface area contributed by atoms with E-state index in [1.807, 2.05) is 29.1 Å². The standard InChI is InChI=1S/C23H25FN6O/c24-18-6-4-16(5-7-18)12-26-23(31)20-14-29-10-8-17(20)11-19(29)13-30-15-22(27-28-30)21-3-1-2-9-25-21/h1-7,9,15,17,19-20H,8,10-14H2,(H,26,31). The number of benzene rings is 1. The second kappa shape index (κ2) is 8.55. The zero-order valence-electron chi connectivity index (χ0n) is 17.2. The smallest absolute Gasteiger partial charge is 0.224 e. The van der Waals surface area contributed by atoms with Crippen molar-refractivity contribution in [2.45, 2.75) is 32.0 Å². The van der Waals surface area contributed by atoms with Gasteiger partial charge in [-0.1, -0.05) is 23.4 Å². The Bertz CT molecular complexity index is 1040. The normalized spacial score (nSPS) is 24.8. The van der Waals surface area contributed by atoms with Crippen molar-refractivity contribution in [2.24, 2.45) is 11.8 Å². The van der Waals surface area contributed by atoms with E-state index in [1.54, 1.807) is 18.3 Å². The first kappa shape index (κ1) is 19.8. The van der Waals surface area contributed by atoms with Crippen LogP contribution in [-0.4, -0.2) is 49.9 Å². The van der Waals surface area contributed by atoms with Crippen LogP contribution < -0.4 is 5.32 Å². The molecule has 5 heterocycles. The Morgan fingerprint density at radius 2 is 2.03 bits per heavy atom. The summed E-state index contributed by atoms with van der Waals surface area (Å²) in [6.07, 6.45) is 5.72. The van der Waals surface area contributed by atoms with Gasteiger partial charge >= 0.3 is 0 Å². The molecule has 3 saturated heterocycles. The summed E-state index contributed by atoms with van der Waals surface area (Å²) in [6, 6.07) is 12.4. The summed E-state index contributed by atoms with van der Waals surface area (Å²) in [4.78, 5) is 19.5. The summed E-state index contributed by atoms with van der Waals surface area (Å²) < 4.78 is 14.9. The van der Waals surface area contributed by atoms with Crippen LogP contribution in [0.25, 0.3) is 11.4 Å². The third kappa shape index (κ3) is 4.34.